The van der Waals surface area contributed by atoms with Crippen molar-refractivity contribution in [3.05, 3.63) is 64.1 Å². The Morgan fingerprint density at radius 1 is 1.24 bits per heavy atom. The monoisotopic (exact) mass is 357 g/mol. The molecule has 4 heteroatoms. The average Bonchev–Trinajstić information content (AvgIpc) is 2.33. The lowest BCUT2D eigenvalue weighted by atomic mass is 10.1. The maximum atomic E-state index is 13.7. The van der Waals surface area contributed by atoms with Gasteiger partial charge in [-0.2, -0.15) is 0 Å². The molecule has 2 rings (SSSR count). The molecule has 88 valence electrons. The molecule has 0 aliphatic heterocycles. The van der Waals surface area contributed by atoms with Crippen molar-refractivity contribution in [2.75, 3.05) is 0 Å². The van der Waals surface area contributed by atoms with Crippen molar-refractivity contribution in [1.82, 2.24) is 4.98 Å². The Morgan fingerprint density at radius 2 is 2.06 bits per heavy atom. The van der Waals surface area contributed by atoms with E-state index >= 15 is 0 Å². The van der Waals surface area contributed by atoms with Crippen LogP contribution in [-0.4, -0.2) is 4.98 Å². The number of halogens is 3. The predicted octanol–water partition coefficient (Wildman–Crippen LogP) is 4.66. The van der Waals surface area contributed by atoms with Crippen molar-refractivity contribution in [2.45, 2.75) is 11.2 Å². The lowest BCUT2D eigenvalue weighted by Gasteiger charge is -2.11. The number of pyridine rings is 1. The van der Waals surface area contributed by atoms with Crippen LogP contribution in [0.1, 0.15) is 16.1 Å². The van der Waals surface area contributed by atoms with Gasteiger partial charge in [0.2, 0.25) is 0 Å². The Balaban J connectivity index is 2.20. The van der Waals surface area contributed by atoms with E-state index in [1.165, 1.54) is 6.07 Å². The van der Waals surface area contributed by atoms with Crippen LogP contribution in [0.2, 0.25) is 0 Å². The van der Waals surface area contributed by atoms with E-state index in [9.17, 15) is 4.39 Å². The van der Waals surface area contributed by atoms with Gasteiger partial charge in [-0.05, 0) is 30.3 Å². The molecule has 0 fully saturated rings. The SMILES string of the molecule is Fc1ccc(Br)cc1C(Br)Cc1ccccn1. The number of hydrogen-bond donors (Lipinski definition) is 0. The maximum Gasteiger partial charge on any atom is 0.127 e. The number of benzene rings is 1. The van der Waals surface area contributed by atoms with Crippen LogP contribution in [0, 0.1) is 5.82 Å². The van der Waals surface area contributed by atoms with Gasteiger partial charge in [0.15, 0.2) is 0 Å². The molecule has 1 aromatic heterocycles. The minimum Gasteiger partial charge on any atom is -0.261 e. The first kappa shape index (κ1) is 12.7. The number of aromatic nitrogens is 1. The first-order chi connectivity index (χ1) is 8.16. The van der Waals surface area contributed by atoms with Crippen molar-refractivity contribution in [3.8, 4) is 0 Å². The van der Waals surface area contributed by atoms with E-state index in [0.29, 0.717) is 12.0 Å². The molecule has 0 aliphatic carbocycles. The molecule has 0 amide bonds. The summed E-state index contributed by atoms with van der Waals surface area (Å²) in [5.74, 6) is -0.203. The number of alkyl halides is 1. The van der Waals surface area contributed by atoms with Crippen LogP contribution < -0.4 is 0 Å². The van der Waals surface area contributed by atoms with E-state index in [2.05, 4.69) is 36.8 Å². The summed E-state index contributed by atoms with van der Waals surface area (Å²) in [6, 6.07) is 10.7. The molecule has 1 nitrogen and oxygen atoms in total. The van der Waals surface area contributed by atoms with Crippen molar-refractivity contribution in [1.29, 1.82) is 0 Å². The fourth-order valence-electron chi connectivity index (χ4n) is 1.57. The molecule has 0 spiro atoms. The number of hydrogen-bond acceptors (Lipinski definition) is 1. The van der Waals surface area contributed by atoms with E-state index in [-0.39, 0.29) is 10.6 Å². The number of nitrogens with zero attached hydrogens (tertiary/aromatic N) is 1. The van der Waals surface area contributed by atoms with Gasteiger partial charge in [0.05, 0.1) is 0 Å². The predicted molar refractivity (Wildman–Crippen MR) is 73.7 cm³/mol. The second-order valence-electron chi connectivity index (χ2n) is 3.66. The molecule has 0 radical (unpaired) electrons. The summed E-state index contributed by atoms with van der Waals surface area (Å²) >= 11 is 6.85. The van der Waals surface area contributed by atoms with Crippen LogP contribution >= 0.6 is 31.9 Å². The van der Waals surface area contributed by atoms with Crippen LogP contribution in [0.25, 0.3) is 0 Å². The minimum absolute atomic E-state index is 0.0742. The van der Waals surface area contributed by atoms with Crippen molar-refractivity contribution in [2.24, 2.45) is 0 Å². The Kier molecular flexibility index (Phi) is 4.29. The summed E-state index contributed by atoms with van der Waals surface area (Å²) < 4.78 is 14.5. The normalized spacial score (nSPS) is 12.4. The zero-order chi connectivity index (χ0) is 12.3. The molecule has 2 aromatic rings. The van der Waals surface area contributed by atoms with E-state index in [1.807, 2.05) is 18.2 Å². The second-order valence-corrected chi connectivity index (χ2v) is 5.68. The molecule has 0 saturated carbocycles. The zero-order valence-corrected chi connectivity index (χ0v) is 12.1. The van der Waals surface area contributed by atoms with Crippen LogP contribution in [0.15, 0.2) is 47.1 Å². The van der Waals surface area contributed by atoms with Gasteiger partial charge in [0.25, 0.3) is 0 Å². The molecule has 0 bridgehead atoms. The minimum atomic E-state index is -0.203. The smallest absolute Gasteiger partial charge is 0.127 e. The van der Waals surface area contributed by atoms with Crippen LogP contribution in [0.3, 0.4) is 0 Å². The van der Waals surface area contributed by atoms with Crippen LogP contribution in [0.5, 0.6) is 0 Å². The maximum absolute atomic E-state index is 13.7. The third-order valence-electron chi connectivity index (χ3n) is 2.41. The molecule has 17 heavy (non-hydrogen) atoms. The summed E-state index contributed by atoms with van der Waals surface area (Å²) in [5, 5.41) is 0. The van der Waals surface area contributed by atoms with Crippen molar-refractivity contribution in [3.63, 3.8) is 0 Å². The molecule has 1 aromatic carbocycles. The highest BCUT2D eigenvalue weighted by molar-refractivity contribution is 9.10. The van der Waals surface area contributed by atoms with Gasteiger partial charge >= 0.3 is 0 Å². The van der Waals surface area contributed by atoms with E-state index in [4.69, 9.17) is 0 Å². The average molecular weight is 359 g/mol. The molecule has 0 aliphatic rings. The van der Waals surface area contributed by atoms with Gasteiger partial charge in [-0.3, -0.25) is 4.98 Å². The highest BCUT2D eigenvalue weighted by Gasteiger charge is 2.14. The zero-order valence-electron chi connectivity index (χ0n) is 8.91. The first-order valence-corrected chi connectivity index (χ1v) is 6.86. The lowest BCUT2D eigenvalue weighted by molar-refractivity contribution is 0.607. The van der Waals surface area contributed by atoms with Gasteiger partial charge in [-0.15, -0.1) is 0 Å². The molecule has 1 unspecified atom stereocenters. The third kappa shape index (κ3) is 3.36. The van der Waals surface area contributed by atoms with Gasteiger partial charge in [0.1, 0.15) is 5.82 Å². The van der Waals surface area contributed by atoms with Crippen LogP contribution in [0.4, 0.5) is 4.39 Å². The molecule has 0 saturated heterocycles. The fraction of sp³-hybridized carbons (Fsp3) is 0.154. The summed E-state index contributed by atoms with van der Waals surface area (Å²) in [6.45, 7) is 0. The summed E-state index contributed by atoms with van der Waals surface area (Å²) in [7, 11) is 0. The molecule has 1 atom stereocenters. The van der Waals surface area contributed by atoms with E-state index < -0.39 is 0 Å². The molecular formula is C13H10Br2FN. The van der Waals surface area contributed by atoms with Crippen LogP contribution in [-0.2, 0) is 6.42 Å². The largest absolute Gasteiger partial charge is 0.261 e. The lowest BCUT2D eigenvalue weighted by Crippen LogP contribution is -2.00. The second kappa shape index (κ2) is 5.74. The fourth-order valence-corrected chi connectivity index (χ4v) is 2.63. The molecular weight excluding hydrogens is 349 g/mol. The Morgan fingerprint density at radius 3 is 2.76 bits per heavy atom. The standard InChI is InChI=1S/C13H10Br2FN/c14-9-4-5-13(16)11(7-9)12(15)8-10-3-1-2-6-17-10/h1-7,12H,8H2. The Labute approximate surface area is 116 Å². The van der Waals surface area contributed by atoms with Gasteiger partial charge in [0, 0.05) is 33.2 Å². The summed E-state index contributed by atoms with van der Waals surface area (Å²) in [4.78, 5) is 4.16. The molecule has 0 N–H and O–H groups in total. The Hall–Kier alpha value is -0.740. The van der Waals surface area contributed by atoms with Gasteiger partial charge < -0.3 is 0 Å². The van der Waals surface area contributed by atoms with Gasteiger partial charge in [-0.1, -0.05) is 37.9 Å². The third-order valence-corrected chi connectivity index (χ3v) is 3.72. The van der Waals surface area contributed by atoms with Crippen molar-refractivity contribution >= 4 is 31.9 Å². The number of rotatable bonds is 3. The highest BCUT2D eigenvalue weighted by Crippen LogP contribution is 2.30. The van der Waals surface area contributed by atoms with Gasteiger partial charge in [-0.25, -0.2) is 4.39 Å². The van der Waals surface area contributed by atoms with Crippen molar-refractivity contribution < 1.29 is 4.39 Å². The first-order valence-electron chi connectivity index (χ1n) is 5.16. The highest BCUT2D eigenvalue weighted by atomic mass is 79.9. The quantitative estimate of drug-likeness (QED) is 0.727. The summed E-state index contributed by atoms with van der Waals surface area (Å²) in [5.41, 5.74) is 1.58. The van der Waals surface area contributed by atoms with E-state index in [1.54, 1.807) is 18.3 Å². The summed E-state index contributed by atoms with van der Waals surface area (Å²) in [6.07, 6.45) is 2.40. The van der Waals surface area contributed by atoms with E-state index in [0.717, 1.165) is 10.2 Å². The molecule has 1 heterocycles. The topological polar surface area (TPSA) is 12.9 Å². The Bertz CT molecular complexity index is 502.